The maximum atomic E-state index is 13.7. The molecule has 2 aromatic rings. The van der Waals surface area contributed by atoms with E-state index in [0.29, 0.717) is 17.3 Å². The second kappa shape index (κ2) is 12.6. The van der Waals surface area contributed by atoms with Crippen LogP contribution >= 0.6 is 11.8 Å². The molecule has 2 atom stereocenters. The van der Waals surface area contributed by atoms with Crippen molar-refractivity contribution in [1.82, 2.24) is 14.7 Å². The third-order valence-corrected chi connectivity index (χ3v) is 13.7. The van der Waals surface area contributed by atoms with E-state index >= 15 is 0 Å². The summed E-state index contributed by atoms with van der Waals surface area (Å²) < 4.78 is 61.6. The van der Waals surface area contributed by atoms with Gasteiger partial charge in [0.15, 0.2) is 9.84 Å². The summed E-state index contributed by atoms with van der Waals surface area (Å²) in [6.45, 7) is 3.15. The molecule has 0 unspecified atom stereocenters. The number of rotatable bonds is 9. The predicted octanol–water partition coefficient (Wildman–Crippen LogP) is 4.01. The highest BCUT2D eigenvalue weighted by atomic mass is 32.3. The van der Waals surface area contributed by atoms with E-state index in [1.165, 1.54) is 27.8 Å². The molecule has 3 aliphatic rings. The molecule has 0 spiro atoms. The highest BCUT2D eigenvalue weighted by Gasteiger charge is 2.46. The minimum atomic E-state index is -4.25. The first-order valence-corrected chi connectivity index (χ1v) is 18.3. The van der Waals surface area contributed by atoms with E-state index in [1.54, 1.807) is 27.9 Å². The van der Waals surface area contributed by atoms with Crippen molar-refractivity contribution in [2.75, 3.05) is 40.8 Å². The first-order chi connectivity index (χ1) is 21.3. The zero-order chi connectivity index (χ0) is 32.7. The molecule has 0 fully saturated rings. The van der Waals surface area contributed by atoms with Crippen LogP contribution in [0.2, 0.25) is 0 Å². The van der Waals surface area contributed by atoms with Gasteiger partial charge in [-0.2, -0.15) is 8.42 Å². The smallest absolute Gasteiger partial charge is 0.409 e. The number of carbonyl (C=O) groups excluding carboxylic acids is 2. The Balaban J connectivity index is 1.34. The number of carbonyl (C=O) groups is 2. The van der Waals surface area contributed by atoms with Gasteiger partial charge in [0.1, 0.15) is 28.0 Å². The quantitative estimate of drug-likeness (QED) is 0.286. The van der Waals surface area contributed by atoms with Crippen LogP contribution in [-0.4, -0.2) is 102 Å². The summed E-state index contributed by atoms with van der Waals surface area (Å²) in [7, 11) is -3.37. The van der Waals surface area contributed by atoms with Gasteiger partial charge >= 0.3 is 6.09 Å². The number of ether oxygens (including phenoxy) is 1. The van der Waals surface area contributed by atoms with E-state index in [4.69, 9.17) is 4.74 Å². The lowest BCUT2D eigenvalue weighted by Gasteiger charge is -2.33. The molecule has 0 N–H and O–H groups in total. The van der Waals surface area contributed by atoms with E-state index in [2.05, 4.69) is 4.40 Å². The highest BCUT2D eigenvalue weighted by molar-refractivity contribution is 8.28. The van der Waals surface area contributed by atoms with Crippen LogP contribution in [-0.2, 0) is 29.4 Å². The largest absolute Gasteiger partial charge is 0.448 e. The fourth-order valence-corrected chi connectivity index (χ4v) is 10.8. The molecule has 2 aromatic carbocycles. The second-order valence-corrected chi connectivity index (χ2v) is 16.9. The van der Waals surface area contributed by atoms with E-state index in [9.17, 15) is 26.4 Å². The van der Waals surface area contributed by atoms with Crippen LogP contribution in [0.5, 0.6) is 0 Å². The molecule has 2 aliphatic heterocycles. The summed E-state index contributed by atoms with van der Waals surface area (Å²) in [6.07, 6.45) is 1.97. The van der Waals surface area contributed by atoms with Crippen LogP contribution in [0.15, 0.2) is 73.1 Å². The molecular formula is C31H36N4O7S3. The number of hydrogen-bond acceptors (Lipinski definition) is 8. The average molecular weight is 673 g/mol. The van der Waals surface area contributed by atoms with Crippen LogP contribution in [0.3, 0.4) is 0 Å². The van der Waals surface area contributed by atoms with Gasteiger partial charge in [0.2, 0.25) is 5.91 Å². The van der Waals surface area contributed by atoms with Gasteiger partial charge < -0.3 is 19.4 Å². The molecule has 5 rings (SSSR count). The monoisotopic (exact) mass is 672 g/mol. The van der Waals surface area contributed by atoms with E-state index in [1.807, 2.05) is 48.5 Å². The summed E-state index contributed by atoms with van der Waals surface area (Å²) in [5.74, 6) is -0.631. The SMILES string of the molecule is CCN(C(=O)CN(C)C(=O)OCC1c2ccccc2-c2ccccc21)[C@H]1C=C(S(=O)(=O)/N=C/N(C)C)SC2=C1C[C@H](C)S2(=O)=O. The summed E-state index contributed by atoms with van der Waals surface area (Å²) in [4.78, 5) is 30.8. The Morgan fingerprint density at radius 2 is 1.64 bits per heavy atom. The molecule has 240 valence electrons. The Morgan fingerprint density at radius 1 is 1.04 bits per heavy atom. The molecule has 45 heavy (non-hydrogen) atoms. The number of likely N-dealkylation sites (N-methyl/N-ethyl adjacent to an activating group) is 2. The average Bonchev–Trinajstić information content (AvgIpc) is 3.45. The number of fused-ring (bicyclic) bond motifs is 3. The molecule has 14 heteroatoms. The fraction of sp³-hybridized carbons (Fsp3) is 0.387. The van der Waals surface area contributed by atoms with E-state index in [-0.39, 0.29) is 40.5 Å². The van der Waals surface area contributed by atoms with Gasteiger partial charge in [0, 0.05) is 33.6 Å². The summed E-state index contributed by atoms with van der Waals surface area (Å²) >= 11 is 0.653. The third-order valence-electron chi connectivity index (χ3n) is 8.09. The van der Waals surface area contributed by atoms with E-state index in [0.717, 1.165) is 28.6 Å². The number of thioether (sulfide) groups is 1. The van der Waals surface area contributed by atoms with Crippen molar-refractivity contribution in [2.24, 2.45) is 4.40 Å². The minimum Gasteiger partial charge on any atom is -0.448 e. The number of nitrogens with zero attached hydrogens (tertiary/aromatic N) is 4. The Hall–Kier alpha value is -3.62. The predicted molar refractivity (Wildman–Crippen MR) is 176 cm³/mol. The second-order valence-electron chi connectivity index (χ2n) is 11.4. The number of sulfone groups is 1. The van der Waals surface area contributed by atoms with Crippen molar-refractivity contribution in [1.29, 1.82) is 0 Å². The van der Waals surface area contributed by atoms with Crippen molar-refractivity contribution < 1.29 is 31.2 Å². The van der Waals surface area contributed by atoms with Gasteiger partial charge in [-0.15, -0.1) is 4.40 Å². The van der Waals surface area contributed by atoms with Crippen molar-refractivity contribution in [3.05, 3.63) is 79.8 Å². The summed E-state index contributed by atoms with van der Waals surface area (Å²) in [5, 5.41) is -0.768. The normalized spacial score (nSPS) is 20.3. The Bertz CT molecular complexity index is 1790. The maximum Gasteiger partial charge on any atom is 0.409 e. The highest BCUT2D eigenvalue weighted by Crippen LogP contribution is 2.49. The lowest BCUT2D eigenvalue weighted by Crippen LogP contribution is -2.47. The van der Waals surface area contributed by atoms with Gasteiger partial charge in [0.25, 0.3) is 10.0 Å². The van der Waals surface area contributed by atoms with Gasteiger partial charge in [-0.25, -0.2) is 13.2 Å². The topological polar surface area (TPSA) is 134 Å². The van der Waals surface area contributed by atoms with Crippen LogP contribution in [0.25, 0.3) is 11.1 Å². The molecule has 1 aliphatic carbocycles. The van der Waals surface area contributed by atoms with Crippen LogP contribution in [0, 0.1) is 0 Å². The van der Waals surface area contributed by atoms with Crippen molar-refractivity contribution in [3.8, 4) is 11.1 Å². The zero-order valence-electron chi connectivity index (χ0n) is 25.7. The fourth-order valence-electron chi connectivity index (χ4n) is 5.80. The molecule has 2 amide bonds. The molecule has 0 saturated heterocycles. The maximum absolute atomic E-state index is 13.7. The Kier molecular flexibility index (Phi) is 9.20. The third kappa shape index (κ3) is 6.27. The lowest BCUT2D eigenvalue weighted by molar-refractivity contribution is -0.132. The zero-order valence-corrected chi connectivity index (χ0v) is 28.2. The Morgan fingerprint density at radius 3 is 2.22 bits per heavy atom. The van der Waals surface area contributed by atoms with Crippen LogP contribution < -0.4 is 0 Å². The molecule has 0 saturated carbocycles. The summed E-state index contributed by atoms with van der Waals surface area (Å²) in [5.41, 5.74) is 4.79. The van der Waals surface area contributed by atoms with Gasteiger partial charge in [-0.3, -0.25) is 4.79 Å². The minimum absolute atomic E-state index is 0.0581. The van der Waals surface area contributed by atoms with E-state index < -0.39 is 43.2 Å². The first-order valence-electron chi connectivity index (χ1n) is 14.4. The number of hydrogen-bond donors (Lipinski definition) is 0. The number of sulfonamides is 1. The molecule has 0 aromatic heterocycles. The Labute approximate surface area is 268 Å². The van der Waals surface area contributed by atoms with Crippen molar-refractivity contribution in [2.45, 2.75) is 37.5 Å². The molecular weight excluding hydrogens is 637 g/mol. The summed E-state index contributed by atoms with van der Waals surface area (Å²) in [6, 6.07) is 15.0. The van der Waals surface area contributed by atoms with Crippen molar-refractivity contribution >= 4 is 50.0 Å². The molecule has 2 heterocycles. The molecule has 11 nitrogen and oxygen atoms in total. The van der Waals surface area contributed by atoms with Gasteiger partial charge in [0.05, 0.1) is 11.3 Å². The standard InChI is InChI=1S/C31H36N4O7S3/c1-6-35(27-16-29(45(40,41)32-19-33(3)4)43-30-25(27)15-20(2)44(30,38)39)28(36)17-34(5)31(37)42-18-26-23-13-9-7-11-21(23)22-12-8-10-14-24(22)26/h7-14,16,19-20,26-27H,6,15,17-18H2,1-5H3/b32-19+/t20-,27-/m0/s1. The van der Waals surface area contributed by atoms with Gasteiger partial charge in [-0.05, 0) is 54.2 Å². The van der Waals surface area contributed by atoms with Gasteiger partial charge in [-0.1, -0.05) is 60.3 Å². The number of benzene rings is 2. The van der Waals surface area contributed by atoms with Crippen molar-refractivity contribution in [3.63, 3.8) is 0 Å². The first kappa shape index (κ1) is 32.8. The molecule has 0 bridgehead atoms. The van der Waals surface area contributed by atoms with Crippen LogP contribution in [0.4, 0.5) is 4.79 Å². The van der Waals surface area contributed by atoms with Crippen LogP contribution in [0.1, 0.15) is 37.3 Å². The lowest BCUT2D eigenvalue weighted by atomic mass is 9.98. The molecule has 0 radical (unpaired) electrons. The number of amides is 2.